The SMILES string of the molecule is NC(=O)n1cnnn1.c1ccc(-c2ccccc2)cc1. The summed E-state index contributed by atoms with van der Waals surface area (Å²) in [4.78, 5) is 10.1. The van der Waals surface area contributed by atoms with Crippen LogP contribution in [0.1, 0.15) is 0 Å². The van der Waals surface area contributed by atoms with Crippen molar-refractivity contribution >= 4 is 6.03 Å². The van der Waals surface area contributed by atoms with E-state index in [1.165, 1.54) is 11.1 Å². The number of amides is 1. The molecule has 0 unspecified atom stereocenters. The van der Waals surface area contributed by atoms with Crippen molar-refractivity contribution in [3.8, 4) is 11.1 Å². The molecule has 1 amide bonds. The summed E-state index contributed by atoms with van der Waals surface area (Å²) in [6, 6.07) is 20.1. The average Bonchev–Trinajstić information content (AvgIpc) is 3.04. The molecule has 0 radical (unpaired) electrons. The van der Waals surface area contributed by atoms with Crippen LogP contribution in [0.4, 0.5) is 4.79 Å². The summed E-state index contributed by atoms with van der Waals surface area (Å²) in [6.45, 7) is 0. The Bertz CT molecular complexity index is 600. The third kappa shape index (κ3) is 3.74. The van der Waals surface area contributed by atoms with Gasteiger partial charge in [0.05, 0.1) is 0 Å². The minimum atomic E-state index is -0.685. The zero-order valence-corrected chi connectivity index (χ0v) is 10.6. The maximum atomic E-state index is 10.1. The molecular weight excluding hydrogens is 254 g/mol. The summed E-state index contributed by atoms with van der Waals surface area (Å²) in [5.41, 5.74) is 7.29. The summed E-state index contributed by atoms with van der Waals surface area (Å²) in [6.07, 6.45) is 1.13. The van der Waals surface area contributed by atoms with Gasteiger partial charge in [-0.25, -0.2) is 4.79 Å². The number of carbonyl (C=O) groups excluding carboxylic acids is 1. The van der Waals surface area contributed by atoms with Gasteiger partial charge in [0.1, 0.15) is 6.33 Å². The van der Waals surface area contributed by atoms with E-state index in [-0.39, 0.29) is 0 Å². The van der Waals surface area contributed by atoms with Gasteiger partial charge in [-0.3, -0.25) is 0 Å². The van der Waals surface area contributed by atoms with Crippen molar-refractivity contribution in [2.75, 3.05) is 0 Å². The van der Waals surface area contributed by atoms with Gasteiger partial charge in [0.15, 0.2) is 0 Å². The van der Waals surface area contributed by atoms with Crippen LogP contribution in [0.5, 0.6) is 0 Å². The number of primary amides is 1. The molecule has 2 N–H and O–H groups in total. The molecule has 0 fully saturated rings. The Labute approximate surface area is 115 Å². The van der Waals surface area contributed by atoms with Gasteiger partial charge >= 0.3 is 6.03 Å². The Hall–Kier alpha value is -3.02. The van der Waals surface area contributed by atoms with Gasteiger partial charge in [0.2, 0.25) is 0 Å². The highest BCUT2D eigenvalue weighted by atomic mass is 16.2. The molecular formula is C14H13N5O. The monoisotopic (exact) mass is 267 g/mol. The van der Waals surface area contributed by atoms with E-state index in [1.54, 1.807) is 0 Å². The maximum absolute atomic E-state index is 10.1. The van der Waals surface area contributed by atoms with E-state index < -0.39 is 6.03 Å². The Morgan fingerprint density at radius 3 is 1.70 bits per heavy atom. The lowest BCUT2D eigenvalue weighted by Crippen LogP contribution is -2.19. The van der Waals surface area contributed by atoms with Crippen LogP contribution >= 0.6 is 0 Å². The first-order valence-electron chi connectivity index (χ1n) is 5.90. The standard InChI is InChI=1S/C12H10.C2H3N5O/c1-3-7-11(8-4-1)12-9-5-2-6-10-12;3-2(8)7-1-4-5-6-7/h1-10H;1H,(H2,3,8). The number of aromatic nitrogens is 4. The Morgan fingerprint density at radius 1 is 0.900 bits per heavy atom. The van der Waals surface area contributed by atoms with Crippen molar-refractivity contribution in [2.24, 2.45) is 5.73 Å². The van der Waals surface area contributed by atoms with Crippen LogP contribution in [-0.2, 0) is 0 Å². The first kappa shape index (κ1) is 13.4. The van der Waals surface area contributed by atoms with Gasteiger partial charge in [-0.2, -0.15) is 0 Å². The lowest BCUT2D eigenvalue weighted by atomic mass is 10.1. The van der Waals surface area contributed by atoms with Gasteiger partial charge in [-0.1, -0.05) is 60.7 Å². The highest BCUT2D eigenvalue weighted by Gasteiger charge is 1.94. The number of carbonyl (C=O) groups is 1. The summed E-state index contributed by atoms with van der Waals surface area (Å²) in [5, 5.41) is 9.55. The third-order valence-corrected chi connectivity index (χ3v) is 2.46. The van der Waals surface area contributed by atoms with Gasteiger partial charge in [0, 0.05) is 0 Å². The number of hydrogen-bond acceptors (Lipinski definition) is 4. The van der Waals surface area contributed by atoms with Crippen LogP contribution in [0.3, 0.4) is 0 Å². The fraction of sp³-hybridized carbons (Fsp3) is 0. The molecule has 0 saturated carbocycles. The van der Waals surface area contributed by atoms with Gasteiger partial charge in [0.25, 0.3) is 0 Å². The lowest BCUT2D eigenvalue weighted by molar-refractivity contribution is 0.247. The zero-order valence-electron chi connectivity index (χ0n) is 10.6. The molecule has 0 aliphatic rings. The molecule has 0 aliphatic carbocycles. The Balaban J connectivity index is 0.000000160. The Kier molecular flexibility index (Phi) is 4.55. The summed E-state index contributed by atoms with van der Waals surface area (Å²) >= 11 is 0. The minimum Gasteiger partial charge on any atom is -0.350 e. The number of nitrogens with zero attached hydrogens (tertiary/aromatic N) is 4. The average molecular weight is 267 g/mol. The molecule has 1 heterocycles. The molecule has 3 aromatic rings. The van der Waals surface area contributed by atoms with E-state index in [9.17, 15) is 4.79 Å². The predicted molar refractivity (Wildman–Crippen MR) is 74.7 cm³/mol. The van der Waals surface area contributed by atoms with E-state index in [1.807, 2.05) is 12.1 Å². The van der Waals surface area contributed by atoms with Crippen molar-refractivity contribution in [1.82, 2.24) is 20.2 Å². The maximum Gasteiger partial charge on any atom is 0.342 e. The van der Waals surface area contributed by atoms with Gasteiger partial charge < -0.3 is 5.73 Å². The fourth-order valence-corrected chi connectivity index (χ4v) is 1.52. The molecule has 0 bridgehead atoms. The number of hydrogen-bond donors (Lipinski definition) is 1. The molecule has 0 spiro atoms. The largest absolute Gasteiger partial charge is 0.350 e. The van der Waals surface area contributed by atoms with Crippen molar-refractivity contribution in [1.29, 1.82) is 0 Å². The number of benzene rings is 2. The van der Waals surface area contributed by atoms with Crippen LogP contribution in [0.2, 0.25) is 0 Å². The second kappa shape index (κ2) is 6.79. The second-order valence-electron chi connectivity index (χ2n) is 3.82. The van der Waals surface area contributed by atoms with Crippen molar-refractivity contribution in [3.63, 3.8) is 0 Å². The van der Waals surface area contributed by atoms with E-state index in [0.717, 1.165) is 11.0 Å². The molecule has 6 nitrogen and oxygen atoms in total. The van der Waals surface area contributed by atoms with Crippen molar-refractivity contribution in [3.05, 3.63) is 67.0 Å². The number of tetrazole rings is 1. The topological polar surface area (TPSA) is 86.7 Å². The molecule has 0 saturated heterocycles. The lowest BCUT2D eigenvalue weighted by Gasteiger charge is -1.98. The van der Waals surface area contributed by atoms with Crippen LogP contribution < -0.4 is 5.73 Å². The van der Waals surface area contributed by atoms with Crippen LogP contribution in [0.15, 0.2) is 67.0 Å². The van der Waals surface area contributed by atoms with Gasteiger partial charge in [-0.15, -0.1) is 9.78 Å². The minimum absolute atomic E-state index is 0.685. The van der Waals surface area contributed by atoms with Gasteiger partial charge in [-0.05, 0) is 21.6 Å². The summed E-state index contributed by atoms with van der Waals surface area (Å²) in [5.74, 6) is 0. The first-order chi connectivity index (χ1) is 9.77. The summed E-state index contributed by atoms with van der Waals surface area (Å²) in [7, 11) is 0. The molecule has 20 heavy (non-hydrogen) atoms. The molecule has 1 aromatic heterocycles. The van der Waals surface area contributed by atoms with E-state index in [4.69, 9.17) is 5.73 Å². The molecule has 6 heteroatoms. The zero-order chi connectivity index (χ0) is 14.2. The van der Waals surface area contributed by atoms with E-state index in [2.05, 4.69) is 64.1 Å². The molecule has 2 aromatic carbocycles. The quantitative estimate of drug-likeness (QED) is 0.683. The van der Waals surface area contributed by atoms with Crippen LogP contribution in [0.25, 0.3) is 11.1 Å². The molecule has 3 rings (SSSR count). The highest BCUT2D eigenvalue weighted by Crippen LogP contribution is 2.17. The summed E-state index contributed by atoms with van der Waals surface area (Å²) < 4.78 is 0.833. The number of rotatable bonds is 1. The van der Waals surface area contributed by atoms with Crippen LogP contribution in [0, 0.1) is 0 Å². The fourth-order valence-electron chi connectivity index (χ4n) is 1.52. The normalized spacial score (nSPS) is 9.40. The predicted octanol–water partition coefficient (Wildman–Crippen LogP) is 1.95. The van der Waals surface area contributed by atoms with E-state index >= 15 is 0 Å². The molecule has 0 aliphatic heterocycles. The Morgan fingerprint density at radius 2 is 1.40 bits per heavy atom. The first-order valence-corrected chi connectivity index (χ1v) is 5.90. The third-order valence-electron chi connectivity index (χ3n) is 2.46. The van der Waals surface area contributed by atoms with Crippen molar-refractivity contribution < 1.29 is 4.79 Å². The second-order valence-corrected chi connectivity index (χ2v) is 3.82. The van der Waals surface area contributed by atoms with Crippen LogP contribution in [-0.4, -0.2) is 26.2 Å². The smallest absolute Gasteiger partial charge is 0.342 e. The number of nitrogens with two attached hydrogens (primary N) is 1. The highest BCUT2D eigenvalue weighted by molar-refractivity contribution is 5.72. The molecule has 0 atom stereocenters. The van der Waals surface area contributed by atoms with E-state index in [0.29, 0.717) is 0 Å². The molecule has 100 valence electrons. The van der Waals surface area contributed by atoms with Crippen molar-refractivity contribution in [2.45, 2.75) is 0 Å².